The van der Waals surface area contributed by atoms with E-state index in [0.29, 0.717) is 10.0 Å². The summed E-state index contributed by atoms with van der Waals surface area (Å²) in [5.41, 5.74) is 6.08. The molecule has 0 saturated heterocycles. The molecule has 7 heteroatoms. The van der Waals surface area contributed by atoms with E-state index in [4.69, 9.17) is 17.3 Å². The summed E-state index contributed by atoms with van der Waals surface area (Å²) < 4.78 is 27.3. The molecule has 0 fully saturated rings. The van der Waals surface area contributed by atoms with Crippen LogP contribution in [0.15, 0.2) is 53.9 Å². The van der Waals surface area contributed by atoms with Gasteiger partial charge in [0.2, 0.25) is 10.0 Å². The Hall–Kier alpha value is -1.34. The SMILES string of the molecule is C=CCN(Cc1ccc(Cl)s1)S(=O)(=O)c1cccc(N)c1. The van der Waals surface area contributed by atoms with Gasteiger partial charge in [0, 0.05) is 23.7 Å². The molecule has 2 rings (SSSR count). The molecule has 0 unspecified atom stereocenters. The second-order valence-corrected chi connectivity index (χ2v) is 8.10. The molecule has 0 bridgehead atoms. The Bertz CT molecular complexity index is 741. The summed E-state index contributed by atoms with van der Waals surface area (Å²) in [5, 5.41) is 0. The Morgan fingerprint density at radius 3 is 2.67 bits per heavy atom. The maximum absolute atomic E-state index is 12.7. The number of thiophene rings is 1. The molecule has 21 heavy (non-hydrogen) atoms. The number of halogens is 1. The number of hydrogen-bond acceptors (Lipinski definition) is 4. The summed E-state index contributed by atoms with van der Waals surface area (Å²) in [6.07, 6.45) is 1.55. The fourth-order valence-corrected chi connectivity index (χ4v) is 4.46. The Labute approximate surface area is 133 Å². The number of nitrogen functional groups attached to an aromatic ring is 1. The summed E-state index contributed by atoms with van der Waals surface area (Å²) in [6, 6.07) is 9.82. The second-order valence-electron chi connectivity index (χ2n) is 4.36. The van der Waals surface area contributed by atoms with Crippen LogP contribution in [0.4, 0.5) is 5.69 Å². The van der Waals surface area contributed by atoms with E-state index in [9.17, 15) is 8.42 Å². The molecule has 112 valence electrons. The van der Waals surface area contributed by atoms with Gasteiger partial charge < -0.3 is 5.73 Å². The summed E-state index contributed by atoms with van der Waals surface area (Å²) in [7, 11) is -3.63. The number of rotatable bonds is 6. The van der Waals surface area contributed by atoms with Crippen molar-refractivity contribution in [1.82, 2.24) is 4.31 Å². The van der Waals surface area contributed by atoms with E-state index >= 15 is 0 Å². The predicted molar refractivity (Wildman–Crippen MR) is 88.0 cm³/mol. The first kappa shape index (κ1) is 16.0. The van der Waals surface area contributed by atoms with E-state index in [1.165, 1.54) is 27.8 Å². The molecule has 4 nitrogen and oxygen atoms in total. The lowest BCUT2D eigenvalue weighted by Gasteiger charge is -2.20. The lowest BCUT2D eigenvalue weighted by molar-refractivity contribution is 0.441. The number of nitrogens with two attached hydrogens (primary N) is 1. The average molecular weight is 343 g/mol. The molecule has 1 heterocycles. The highest BCUT2D eigenvalue weighted by Gasteiger charge is 2.24. The van der Waals surface area contributed by atoms with Gasteiger partial charge in [-0.3, -0.25) is 0 Å². The minimum absolute atomic E-state index is 0.173. The molecule has 0 saturated carbocycles. The smallest absolute Gasteiger partial charge is 0.243 e. The van der Waals surface area contributed by atoms with Gasteiger partial charge in [0.1, 0.15) is 0 Å². The molecule has 0 spiro atoms. The van der Waals surface area contributed by atoms with E-state index < -0.39 is 10.0 Å². The Kier molecular flexibility index (Phi) is 5.05. The monoisotopic (exact) mass is 342 g/mol. The number of hydrogen-bond donors (Lipinski definition) is 1. The highest BCUT2D eigenvalue weighted by Crippen LogP contribution is 2.26. The lowest BCUT2D eigenvalue weighted by Crippen LogP contribution is -2.30. The van der Waals surface area contributed by atoms with E-state index in [2.05, 4.69) is 6.58 Å². The van der Waals surface area contributed by atoms with Crippen molar-refractivity contribution in [1.29, 1.82) is 0 Å². The highest BCUT2D eigenvalue weighted by atomic mass is 35.5. The number of nitrogens with zero attached hydrogens (tertiary/aromatic N) is 1. The van der Waals surface area contributed by atoms with Crippen LogP contribution in [-0.4, -0.2) is 19.3 Å². The van der Waals surface area contributed by atoms with Gasteiger partial charge in [0.25, 0.3) is 0 Å². The standard InChI is InChI=1S/C14H15ClN2O2S2/c1-2-8-17(10-12-6-7-14(15)20-12)21(18,19)13-5-3-4-11(16)9-13/h2-7,9H,1,8,10,16H2. The minimum Gasteiger partial charge on any atom is -0.399 e. The van der Waals surface area contributed by atoms with Crippen molar-refractivity contribution in [2.45, 2.75) is 11.4 Å². The summed E-state index contributed by atoms with van der Waals surface area (Å²) in [4.78, 5) is 1.04. The largest absolute Gasteiger partial charge is 0.399 e. The molecule has 0 aliphatic carbocycles. The van der Waals surface area contributed by atoms with E-state index in [-0.39, 0.29) is 18.0 Å². The zero-order valence-corrected chi connectivity index (χ0v) is 13.6. The van der Waals surface area contributed by atoms with Gasteiger partial charge in [0.05, 0.1) is 9.23 Å². The molecule has 0 radical (unpaired) electrons. The van der Waals surface area contributed by atoms with Crippen molar-refractivity contribution in [3.8, 4) is 0 Å². The Morgan fingerprint density at radius 1 is 1.33 bits per heavy atom. The second kappa shape index (κ2) is 6.62. The zero-order chi connectivity index (χ0) is 15.5. The van der Waals surface area contributed by atoms with Gasteiger partial charge in [-0.25, -0.2) is 8.42 Å². The van der Waals surface area contributed by atoms with Crippen LogP contribution in [0, 0.1) is 0 Å². The summed E-state index contributed by atoms with van der Waals surface area (Å²) in [6.45, 7) is 4.08. The van der Waals surface area contributed by atoms with E-state index in [1.54, 1.807) is 24.3 Å². The number of anilines is 1. The Balaban J connectivity index is 2.34. The molecule has 1 aromatic carbocycles. The fourth-order valence-electron chi connectivity index (χ4n) is 1.83. The lowest BCUT2D eigenvalue weighted by atomic mass is 10.3. The quantitative estimate of drug-likeness (QED) is 0.646. The summed E-state index contributed by atoms with van der Waals surface area (Å²) >= 11 is 7.24. The third-order valence-electron chi connectivity index (χ3n) is 2.79. The average Bonchev–Trinajstić information content (AvgIpc) is 2.84. The van der Waals surface area contributed by atoms with Crippen LogP contribution in [0.1, 0.15) is 4.88 Å². The molecule has 0 atom stereocenters. The number of benzene rings is 1. The first-order chi connectivity index (χ1) is 9.93. The topological polar surface area (TPSA) is 63.4 Å². The van der Waals surface area contributed by atoms with Gasteiger partial charge in [-0.05, 0) is 30.3 Å². The van der Waals surface area contributed by atoms with Crippen LogP contribution in [0.5, 0.6) is 0 Å². The van der Waals surface area contributed by atoms with Crippen LogP contribution in [0.3, 0.4) is 0 Å². The van der Waals surface area contributed by atoms with Crippen molar-refractivity contribution in [3.63, 3.8) is 0 Å². The third kappa shape index (κ3) is 3.85. The van der Waals surface area contributed by atoms with Crippen LogP contribution >= 0.6 is 22.9 Å². The van der Waals surface area contributed by atoms with Gasteiger partial charge >= 0.3 is 0 Å². The van der Waals surface area contributed by atoms with Crippen LogP contribution < -0.4 is 5.73 Å². The third-order valence-corrected chi connectivity index (χ3v) is 5.81. The molecule has 0 aliphatic heterocycles. The van der Waals surface area contributed by atoms with Gasteiger partial charge in [-0.2, -0.15) is 4.31 Å². The van der Waals surface area contributed by atoms with Gasteiger partial charge in [-0.1, -0.05) is 23.7 Å². The first-order valence-corrected chi connectivity index (χ1v) is 8.78. The molecule has 2 aromatic rings. The predicted octanol–water partition coefficient (Wildman–Crippen LogP) is 3.36. The van der Waals surface area contributed by atoms with Crippen LogP contribution in [0.2, 0.25) is 4.34 Å². The summed E-state index contributed by atoms with van der Waals surface area (Å²) in [5.74, 6) is 0. The molecule has 0 amide bonds. The normalized spacial score (nSPS) is 11.7. The maximum atomic E-state index is 12.7. The van der Waals surface area contributed by atoms with Crippen molar-refractivity contribution in [2.24, 2.45) is 0 Å². The minimum atomic E-state index is -3.63. The van der Waals surface area contributed by atoms with Crippen molar-refractivity contribution in [2.75, 3.05) is 12.3 Å². The highest BCUT2D eigenvalue weighted by molar-refractivity contribution is 7.89. The molecule has 0 aliphatic rings. The fraction of sp³-hybridized carbons (Fsp3) is 0.143. The molecular formula is C14H15ClN2O2S2. The van der Waals surface area contributed by atoms with Crippen molar-refractivity contribution in [3.05, 3.63) is 58.3 Å². The molecule has 1 aromatic heterocycles. The zero-order valence-electron chi connectivity index (χ0n) is 11.2. The molecular weight excluding hydrogens is 328 g/mol. The first-order valence-electron chi connectivity index (χ1n) is 6.14. The van der Waals surface area contributed by atoms with E-state index in [0.717, 1.165) is 4.88 Å². The van der Waals surface area contributed by atoms with E-state index in [1.807, 2.05) is 6.07 Å². The van der Waals surface area contributed by atoms with Crippen molar-refractivity contribution < 1.29 is 8.42 Å². The van der Waals surface area contributed by atoms with Crippen LogP contribution in [-0.2, 0) is 16.6 Å². The van der Waals surface area contributed by atoms with Gasteiger partial charge in [0.15, 0.2) is 0 Å². The maximum Gasteiger partial charge on any atom is 0.243 e. The number of sulfonamides is 1. The molecule has 2 N–H and O–H groups in total. The van der Waals surface area contributed by atoms with Gasteiger partial charge in [-0.15, -0.1) is 17.9 Å². The van der Waals surface area contributed by atoms with Crippen LogP contribution in [0.25, 0.3) is 0 Å². The Morgan fingerprint density at radius 2 is 2.10 bits per heavy atom. The van der Waals surface area contributed by atoms with Crippen molar-refractivity contribution >= 4 is 38.6 Å².